The van der Waals surface area contributed by atoms with Crippen LogP contribution >= 0.6 is 0 Å². The van der Waals surface area contributed by atoms with Gasteiger partial charge in [0.15, 0.2) is 0 Å². The summed E-state index contributed by atoms with van der Waals surface area (Å²) in [5.74, 6) is 1.43. The van der Waals surface area contributed by atoms with Crippen LogP contribution in [0.15, 0.2) is 12.1 Å². The van der Waals surface area contributed by atoms with E-state index in [1.807, 2.05) is 12.1 Å². The number of hydrogen-bond donors (Lipinski definition) is 1. The second-order valence-corrected chi connectivity index (χ2v) is 5.43. The van der Waals surface area contributed by atoms with E-state index in [2.05, 4.69) is 30.7 Å². The molecule has 0 saturated carbocycles. The molecule has 1 aliphatic heterocycles. The van der Waals surface area contributed by atoms with Crippen LogP contribution < -0.4 is 15.4 Å². The Balaban J connectivity index is 2.24. The van der Waals surface area contributed by atoms with E-state index in [0.717, 1.165) is 25.4 Å². The zero-order valence-electron chi connectivity index (χ0n) is 12.0. The SMILES string of the molecule is CCCOc1nc(N2CCOCC2(C)C)ccc1N. The van der Waals surface area contributed by atoms with Crippen molar-refractivity contribution in [2.24, 2.45) is 0 Å². The van der Waals surface area contributed by atoms with Crippen molar-refractivity contribution in [2.75, 3.05) is 37.0 Å². The van der Waals surface area contributed by atoms with Crippen LogP contribution in [0.25, 0.3) is 0 Å². The standard InChI is InChI=1S/C14H23N3O2/c1-4-8-19-13-11(15)5-6-12(16-13)17-7-9-18-10-14(17,2)3/h5-6H,4,7-10,15H2,1-3H3. The second-order valence-electron chi connectivity index (χ2n) is 5.43. The van der Waals surface area contributed by atoms with Crippen molar-refractivity contribution in [2.45, 2.75) is 32.7 Å². The third-order valence-corrected chi connectivity index (χ3v) is 3.24. The molecule has 1 saturated heterocycles. The van der Waals surface area contributed by atoms with E-state index in [4.69, 9.17) is 15.2 Å². The number of nitrogens with two attached hydrogens (primary N) is 1. The van der Waals surface area contributed by atoms with Gasteiger partial charge in [-0.1, -0.05) is 6.92 Å². The lowest BCUT2D eigenvalue weighted by atomic mass is 10.0. The van der Waals surface area contributed by atoms with Crippen molar-refractivity contribution in [1.82, 2.24) is 4.98 Å². The molecular weight excluding hydrogens is 242 g/mol. The highest BCUT2D eigenvalue weighted by atomic mass is 16.5. The first-order valence-electron chi connectivity index (χ1n) is 6.79. The highest BCUT2D eigenvalue weighted by Crippen LogP contribution is 2.29. The van der Waals surface area contributed by atoms with Gasteiger partial charge in [-0.05, 0) is 32.4 Å². The van der Waals surface area contributed by atoms with Crippen molar-refractivity contribution >= 4 is 11.5 Å². The van der Waals surface area contributed by atoms with Crippen LogP contribution in [0.2, 0.25) is 0 Å². The lowest BCUT2D eigenvalue weighted by molar-refractivity contribution is 0.0638. The van der Waals surface area contributed by atoms with Gasteiger partial charge in [0.05, 0.1) is 31.0 Å². The third kappa shape index (κ3) is 3.10. The number of nitrogen functional groups attached to an aromatic ring is 1. The van der Waals surface area contributed by atoms with E-state index in [0.29, 0.717) is 24.8 Å². The van der Waals surface area contributed by atoms with Crippen LogP contribution in [0.1, 0.15) is 27.2 Å². The molecule has 5 nitrogen and oxygen atoms in total. The normalized spacial score (nSPS) is 18.4. The molecule has 106 valence electrons. The van der Waals surface area contributed by atoms with Crippen LogP contribution in [0, 0.1) is 0 Å². The molecule has 1 fully saturated rings. The van der Waals surface area contributed by atoms with Crippen molar-refractivity contribution in [3.63, 3.8) is 0 Å². The number of hydrogen-bond acceptors (Lipinski definition) is 5. The summed E-state index contributed by atoms with van der Waals surface area (Å²) in [5.41, 5.74) is 6.42. The van der Waals surface area contributed by atoms with E-state index < -0.39 is 0 Å². The first-order chi connectivity index (χ1) is 9.04. The molecule has 2 N–H and O–H groups in total. The molecule has 0 aromatic carbocycles. The van der Waals surface area contributed by atoms with Gasteiger partial charge < -0.3 is 20.1 Å². The molecule has 0 unspecified atom stereocenters. The van der Waals surface area contributed by atoms with Crippen molar-refractivity contribution < 1.29 is 9.47 Å². The molecule has 2 heterocycles. The summed E-state index contributed by atoms with van der Waals surface area (Å²) in [6.07, 6.45) is 0.939. The lowest BCUT2D eigenvalue weighted by Gasteiger charge is -2.43. The molecule has 1 aromatic rings. The maximum Gasteiger partial charge on any atom is 0.239 e. The highest BCUT2D eigenvalue weighted by molar-refractivity contribution is 5.55. The molecule has 0 atom stereocenters. The number of morpholine rings is 1. The van der Waals surface area contributed by atoms with Crippen LogP contribution in [0.5, 0.6) is 5.88 Å². The van der Waals surface area contributed by atoms with Gasteiger partial charge in [0.2, 0.25) is 5.88 Å². The fraction of sp³-hybridized carbons (Fsp3) is 0.643. The fourth-order valence-electron chi connectivity index (χ4n) is 2.19. The number of aromatic nitrogens is 1. The van der Waals surface area contributed by atoms with Gasteiger partial charge in [-0.15, -0.1) is 0 Å². The van der Waals surface area contributed by atoms with Crippen molar-refractivity contribution in [3.05, 3.63) is 12.1 Å². The van der Waals surface area contributed by atoms with Crippen LogP contribution in [0.4, 0.5) is 11.5 Å². The average molecular weight is 265 g/mol. The summed E-state index contributed by atoms with van der Waals surface area (Å²) < 4.78 is 11.1. The van der Waals surface area contributed by atoms with Crippen molar-refractivity contribution in [3.8, 4) is 5.88 Å². The third-order valence-electron chi connectivity index (χ3n) is 3.24. The van der Waals surface area contributed by atoms with E-state index in [1.165, 1.54) is 0 Å². The van der Waals surface area contributed by atoms with E-state index in [1.54, 1.807) is 0 Å². The minimum Gasteiger partial charge on any atom is -0.476 e. The van der Waals surface area contributed by atoms with Gasteiger partial charge >= 0.3 is 0 Å². The number of rotatable bonds is 4. The van der Waals surface area contributed by atoms with Gasteiger partial charge in [-0.3, -0.25) is 0 Å². The molecule has 1 aliphatic rings. The Morgan fingerprint density at radius 3 is 2.95 bits per heavy atom. The molecule has 0 aliphatic carbocycles. The van der Waals surface area contributed by atoms with Gasteiger partial charge in [0.25, 0.3) is 0 Å². The molecular formula is C14H23N3O2. The summed E-state index contributed by atoms with van der Waals surface area (Å²) in [4.78, 5) is 6.80. The number of anilines is 2. The Hall–Kier alpha value is -1.49. The predicted octanol–water partition coefficient (Wildman–Crippen LogP) is 2.07. The van der Waals surface area contributed by atoms with Gasteiger partial charge in [0, 0.05) is 6.54 Å². The van der Waals surface area contributed by atoms with E-state index in [-0.39, 0.29) is 5.54 Å². The Kier molecular flexibility index (Phi) is 4.14. The Bertz CT molecular complexity index is 435. The molecule has 0 amide bonds. The molecule has 2 rings (SSSR count). The van der Waals surface area contributed by atoms with Gasteiger partial charge in [-0.25, -0.2) is 0 Å². The maximum absolute atomic E-state index is 5.90. The molecule has 5 heteroatoms. The first kappa shape index (κ1) is 13.9. The monoisotopic (exact) mass is 265 g/mol. The lowest BCUT2D eigenvalue weighted by Crippen LogP contribution is -2.53. The Morgan fingerprint density at radius 2 is 2.26 bits per heavy atom. The topological polar surface area (TPSA) is 60.6 Å². The smallest absolute Gasteiger partial charge is 0.239 e. The van der Waals surface area contributed by atoms with Crippen LogP contribution in [-0.2, 0) is 4.74 Å². The number of pyridine rings is 1. The molecule has 1 aromatic heterocycles. The maximum atomic E-state index is 5.90. The largest absolute Gasteiger partial charge is 0.476 e. The highest BCUT2D eigenvalue weighted by Gasteiger charge is 2.31. The summed E-state index contributed by atoms with van der Waals surface area (Å²) in [7, 11) is 0. The Labute approximate surface area is 114 Å². The fourth-order valence-corrected chi connectivity index (χ4v) is 2.19. The summed E-state index contributed by atoms with van der Waals surface area (Å²) in [5, 5.41) is 0. The number of ether oxygens (including phenoxy) is 2. The van der Waals surface area contributed by atoms with Crippen molar-refractivity contribution in [1.29, 1.82) is 0 Å². The quantitative estimate of drug-likeness (QED) is 0.903. The Morgan fingerprint density at radius 1 is 1.47 bits per heavy atom. The zero-order chi connectivity index (χ0) is 13.9. The van der Waals surface area contributed by atoms with E-state index >= 15 is 0 Å². The molecule has 0 bridgehead atoms. The number of nitrogens with zero attached hydrogens (tertiary/aromatic N) is 2. The summed E-state index contributed by atoms with van der Waals surface area (Å²) in [6.45, 7) is 9.24. The average Bonchev–Trinajstić information content (AvgIpc) is 2.38. The minimum absolute atomic E-state index is 0.0661. The second kappa shape index (κ2) is 5.65. The first-order valence-corrected chi connectivity index (χ1v) is 6.79. The van der Waals surface area contributed by atoms with E-state index in [9.17, 15) is 0 Å². The zero-order valence-corrected chi connectivity index (χ0v) is 12.0. The van der Waals surface area contributed by atoms with Gasteiger partial charge in [-0.2, -0.15) is 4.98 Å². The molecule has 0 radical (unpaired) electrons. The van der Waals surface area contributed by atoms with Crippen LogP contribution in [-0.4, -0.2) is 36.9 Å². The predicted molar refractivity (Wildman–Crippen MR) is 76.7 cm³/mol. The molecule has 0 spiro atoms. The summed E-state index contributed by atoms with van der Waals surface area (Å²) >= 11 is 0. The molecule has 19 heavy (non-hydrogen) atoms. The van der Waals surface area contributed by atoms with Gasteiger partial charge in [0.1, 0.15) is 5.82 Å². The minimum atomic E-state index is -0.0661. The van der Waals surface area contributed by atoms with Crippen LogP contribution in [0.3, 0.4) is 0 Å². The summed E-state index contributed by atoms with van der Waals surface area (Å²) in [6, 6.07) is 3.81.